The smallest absolute Gasteiger partial charge is 0.221 e. The minimum Gasteiger partial charge on any atom is -0.326 e. The van der Waals surface area contributed by atoms with Crippen LogP contribution in [0.5, 0.6) is 0 Å². The summed E-state index contributed by atoms with van der Waals surface area (Å²) in [5, 5.41) is 6.38. The average Bonchev–Trinajstić information content (AvgIpc) is 3.02. The maximum absolute atomic E-state index is 11.0. The van der Waals surface area contributed by atoms with Gasteiger partial charge in [-0.1, -0.05) is 19.1 Å². The van der Waals surface area contributed by atoms with Crippen LogP contribution in [0.4, 0.5) is 5.69 Å². The molecule has 98 valence electrons. The number of amides is 1. The number of rotatable bonds is 5. The van der Waals surface area contributed by atoms with Crippen molar-refractivity contribution in [1.82, 2.24) is 5.32 Å². The summed E-state index contributed by atoms with van der Waals surface area (Å²) < 4.78 is 0. The Kier molecular flexibility index (Phi) is 4.02. The molecule has 0 radical (unpaired) electrons. The molecule has 1 saturated carbocycles. The molecule has 3 heteroatoms. The van der Waals surface area contributed by atoms with Crippen LogP contribution in [0, 0.1) is 11.8 Å². The molecule has 1 amide bonds. The van der Waals surface area contributed by atoms with Gasteiger partial charge in [0.1, 0.15) is 0 Å². The topological polar surface area (TPSA) is 41.1 Å². The third-order valence-corrected chi connectivity index (χ3v) is 3.67. The largest absolute Gasteiger partial charge is 0.326 e. The van der Waals surface area contributed by atoms with Gasteiger partial charge in [0.05, 0.1) is 0 Å². The van der Waals surface area contributed by atoms with E-state index < -0.39 is 0 Å². The van der Waals surface area contributed by atoms with E-state index in [-0.39, 0.29) is 5.91 Å². The average molecular weight is 246 g/mol. The van der Waals surface area contributed by atoms with Crippen LogP contribution in [0.1, 0.15) is 38.8 Å². The van der Waals surface area contributed by atoms with Crippen LogP contribution in [-0.2, 0) is 4.79 Å². The zero-order valence-electron chi connectivity index (χ0n) is 11.4. The van der Waals surface area contributed by atoms with Gasteiger partial charge in [0.2, 0.25) is 5.91 Å². The molecule has 2 N–H and O–H groups in total. The lowest BCUT2D eigenvalue weighted by atomic mass is 10.1. The van der Waals surface area contributed by atoms with Gasteiger partial charge in [-0.3, -0.25) is 4.79 Å². The highest BCUT2D eigenvalue weighted by molar-refractivity contribution is 5.88. The van der Waals surface area contributed by atoms with Crippen LogP contribution in [0.3, 0.4) is 0 Å². The summed E-state index contributed by atoms with van der Waals surface area (Å²) in [5.41, 5.74) is 2.09. The highest BCUT2D eigenvalue weighted by atomic mass is 16.1. The normalized spacial score (nSPS) is 23.5. The van der Waals surface area contributed by atoms with Crippen molar-refractivity contribution >= 4 is 11.6 Å². The predicted octanol–water partition coefficient (Wildman–Crippen LogP) is 2.95. The van der Waals surface area contributed by atoms with Gasteiger partial charge < -0.3 is 10.6 Å². The first-order valence-electron chi connectivity index (χ1n) is 6.67. The molecule has 3 nitrogen and oxygen atoms in total. The molecule has 1 aliphatic carbocycles. The number of benzene rings is 1. The Morgan fingerprint density at radius 2 is 2.22 bits per heavy atom. The SMILES string of the molecule is CC(=O)Nc1cccc(C(C)NCC2CC2C)c1. The standard InChI is InChI=1S/C15H22N2O/c1-10-7-14(10)9-16-11(2)13-5-4-6-15(8-13)17-12(3)18/h4-6,8,10-11,14,16H,7,9H2,1-3H3,(H,17,18). The second-order valence-electron chi connectivity index (χ2n) is 5.41. The Balaban J connectivity index is 1.92. The molecule has 3 atom stereocenters. The van der Waals surface area contributed by atoms with Crippen LogP contribution >= 0.6 is 0 Å². The quantitative estimate of drug-likeness (QED) is 0.838. The monoisotopic (exact) mass is 246 g/mol. The van der Waals surface area contributed by atoms with Crippen LogP contribution in [-0.4, -0.2) is 12.5 Å². The molecule has 0 saturated heterocycles. The lowest BCUT2D eigenvalue weighted by Crippen LogP contribution is -2.21. The van der Waals surface area contributed by atoms with Crippen molar-refractivity contribution in [1.29, 1.82) is 0 Å². The first-order chi connectivity index (χ1) is 8.56. The fourth-order valence-corrected chi connectivity index (χ4v) is 2.22. The molecule has 1 fully saturated rings. The lowest BCUT2D eigenvalue weighted by Gasteiger charge is -2.15. The molecule has 0 aliphatic heterocycles. The van der Waals surface area contributed by atoms with E-state index in [1.807, 2.05) is 18.2 Å². The van der Waals surface area contributed by atoms with Crippen molar-refractivity contribution in [3.05, 3.63) is 29.8 Å². The lowest BCUT2D eigenvalue weighted by molar-refractivity contribution is -0.114. The van der Waals surface area contributed by atoms with Crippen molar-refractivity contribution in [2.45, 2.75) is 33.2 Å². The summed E-state index contributed by atoms with van der Waals surface area (Å²) in [6.45, 7) is 7.09. The molecule has 0 bridgehead atoms. The molecular formula is C15H22N2O. The Hall–Kier alpha value is -1.35. The molecule has 0 heterocycles. The summed E-state index contributed by atoms with van der Waals surface area (Å²) >= 11 is 0. The van der Waals surface area contributed by atoms with Gasteiger partial charge in [0, 0.05) is 18.7 Å². The van der Waals surface area contributed by atoms with Crippen molar-refractivity contribution in [2.24, 2.45) is 11.8 Å². The van der Waals surface area contributed by atoms with Crippen molar-refractivity contribution in [3.63, 3.8) is 0 Å². The third kappa shape index (κ3) is 3.57. The Labute approximate surface area is 109 Å². The number of anilines is 1. The van der Waals surface area contributed by atoms with Gasteiger partial charge in [-0.05, 0) is 49.4 Å². The maximum Gasteiger partial charge on any atom is 0.221 e. The van der Waals surface area contributed by atoms with Gasteiger partial charge in [-0.15, -0.1) is 0 Å². The fraction of sp³-hybridized carbons (Fsp3) is 0.533. The zero-order chi connectivity index (χ0) is 13.1. The second kappa shape index (κ2) is 5.53. The number of carbonyl (C=O) groups excluding carboxylic acids is 1. The van der Waals surface area contributed by atoms with Gasteiger partial charge >= 0.3 is 0 Å². The summed E-state index contributed by atoms with van der Waals surface area (Å²) in [7, 11) is 0. The van der Waals surface area contributed by atoms with Crippen LogP contribution in [0.2, 0.25) is 0 Å². The van der Waals surface area contributed by atoms with Gasteiger partial charge in [0.15, 0.2) is 0 Å². The predicted molar refractivity (Wildman–Crippen MR) is 74.4 cm³/mol. The second-order valence-corrected chi connectivity index (χ2v) is 5.41. The van der Waals surface area contributed by atoms with Crippen LogP contribution in [0.25, 0.3) is 0 Å². The fourth-order valence-electron chi connectivity index (χ4n) is 2.22. The summed E-state index contributed by atoms with van der Waals surface area (Å²) in [6.07, 6.45) is 1.35. The van der Waals surface area contributed by atoms with Crippen LogP contribution in [0.15, 0.2) is 24.3 Å². The highest BCUT2D eigenvalue weighted by Crippen LogP contribution is 2.37. The van der Waals surface area contributed by atoms with Gasteiger partial charge in [0.25, 0.3) is 0 Å². The zero-order valence-corrected chi connectivity index (χ0v) is 11.4. The van der Waals surface area contributed by atoms with E-state index in [1.165, 1.54) is 18.9 Å². The number of nitrogens with one attached hydrogen (secondary N) is 2. The van der Waals surface area contributed by atoms with Crippen molar-refractivity contribution in [3.8, 4) is 0 Å². The molecule has 1 aliphatic rings. The van der Waals surface area contributed by atoms with Gasteiger partial charge in [-0.25, -0.2) is 0 Å². The summed E-state index contributed by atoms with van der Waals surface area (Å²) in [4.78, 5) is 11.0. The molecule has 0 aromatic heterocycles. The Morgan fingerprint density at radius 3 is 2.83 bits per heavy atom. The minimum atomic E-state index is -0.0282. The number of hydrogen-bond donors (Lipinski definition) is 2. The first kappa shape index (κ1) is 13.1. The van der Waals surface area contributed by atoms with E-state index in [0.717, 1.165) is 24.1 Å². The van der Waals surface area contributed by atoms with Crippen LogP contribution < -0.4 is 10.6 Å². The number of hydrogen-bond acceptors (Lipinski definition) is 2. The molecule has 1 aromatic carbocycles. The van der Waals surface area contributed by atoms with E-state index in [0.29, 0.717) is 6.04 Å². The number of carbonyl (C=O) groups is 1. The summed E-state index contributed by atoms with van der Waals surface area (Å²) in [6, 6.07) is 8.36. The molecule has 3 unspecified atom stereocenters. The highest BCUT2D eigenvalue weighted by Gasteiger charge is 2.32. The Bertz CT molecular complexity index is 430. The van der Waals surface area contributed by atoms with E-state index in [2.05, 4.69) is 30.5 Å². The maximum atomic E-state index is 11.0. The first-order valence-corrected chi connectivity index (χ1v) is 6.67. The van der Waals surface area contributed by atoms with Gasteiger partial charge in [-0.2, -0.15) is 0 Å². The van der Waals surface area contributed by atoms with Crippen molar-refractivity contribution in [2.75, 3.05) is 11.9 Å². The summed E-state index contributed by atoms with van der Waals surface area (Å²) in [5.74, 6) is 1.71. The Morgan fingerprint density at radius 1 is 1.50 bits per heavy atom. The molecule has 18 heavy (non-hydrogen) atoms. The van der Waals surface area contributed by atoms with E-state index in [9.17, 15) is 4.79 Å². The van der Waals surface area contributed by atoms with Crippen molar-refractivity contribution < 1.29 is 4.79 Å². The molecule has 0 spiro atoms. The molecule has 1 aromatic rings. The van der Waals surface area contributed by atoms with E-state index >= 15 is 0 Å². The third-order valence-electron chi connectivity index (χ3n) is 3.67. The van der Waals surface area contributed by atoms with E-state index in [1.54, 1.807) is 0 Å². The minimum absolute atomic E-state index is 0.0282. The molecule has 2 rings (SSSR count). The van der Waals surface area contributed by atoms with E-state index in [4.69, 9.17) is 0 Å². The molecular weight excluding hydrogens is 224 g/mol.